The van der Waals surface area contributed by atoms with E-state index in [1.807, 2.05) is 18.8 Å². The fourth-order valence-corrected chi connectivity index (χ4v) is 2.60. The Morgan fingerprint density at radius 3 is 3.07 bits per heavy atom. The molecular weight excluding hydrogens is 214 g/mol. The van der Waals surface area contributed by atoms with Crippen LogP contribution in [0.3, 0.4) is 0 Å². The van der Waals surface area contributed by atoms with Crippen LogP contribution in [-0.4, -0.2) is 28.2 Å². The highest BCUT2D eigenvalue weighted by molar-refractivity contribution is 8.00. The van der Waals surface area contributed by atoms with E-state index in [4.69, 9.17) is 0 Å². The summed E-state index contributed by atoms with van der Waals surface area (Å²) in [7, 11) is 2.01. The van der Waals surface area contributed by atoms with Crippen LogP contribution in [0.25, 0.3) is 0 Å². The number of nitrogens with one attached hydrogen (secondary N) is 1. The molecule has 3 nitrogen and oxygen atoms in total. The summed E-state index contributed by atoms with van der Waals surface area (Å²) in [6.07, 6.45) is 5.42. The third-order valence-corrected chi connectivity index (χ3v) is 3.97. The van der Waals surface area contributed by atoms with Crippen molar-refractivity contribution in [3.63, 3.8) is 0 Å². The molecule has 0 aliphatic heterocycles. The normalized spacial score (nSPS) is 13.0. The van der Waals surface area contributed by atoms with Gasteiger partial charge in [0.25, 0.3) is 0 Å². The first-order chi connectivity index (χ1) is 6.83. The van der Waals surface area contributed by atoms with Gasteiger partial charge in [0.2, 0.25) is 0 Å². The molecule has 80 valence electrons. The summed E-state index contributed by atoms with van der Waals surface area (Å²) in [4.78, 5) is 4.12. The van der Waals surface area contributed by atoms with E-state index in [9.17, 15) is 0 Å². The highest BCUT2D eigenvalue weighted by atomic mass is 32.2. The Bertz CT molecular complexity index is 226. The molecule has 0 fully saturated rings. The van der Waals surface area contributed by atoms with E-state index in [-0.39, 0.29) is 0 Å². The standard InChI is InChI=1S/C9H17N3S2/c1-8(10-2)5-3-4-6-13-9-11-7-12-14-9/h7-8,10H,3-6H2,1-2H3. The zero-order chi connectivity index (χ0) is 10.2. The molecule has 1 aromatic rings. The van der Waals surface area contributed by atoms with Crippen LogP contribution in [0.4, 0.5) is 0 Å². The van der Waals surface area contributed by atoms with E-state index in [2.05, 4.69) is 21.6 Å². The fraction of sp³-hybridized carbons (Fsp3) is 0.778. The van der Waals surface area contributed by atoms with E-state index in [1.165, 1.54) is 30.8 Å². The lowest BCUT2D eigenvalue weighted by Gasteiger charge is -2.08. The van der Waals surface area contributed by atoms with Gasteiger partial charge in [-0.25, -0.2) is 4.98 Å². The third kappa shape index (κ3) is 4.93. The zero-order valence-corrected chi connectivity index (χ0v) is 10.3. The summed E-state index contributed by atoms with van der Waals surface area (Å²) in [5, 5.41) is 3.24. The van der Waals surface area contributed by atoms with Crippen LogP contribution in [0, 0.1) is 0 Å². The SMILES string of the molecule is CNC(C)CCCCSc1ncns1. The predicted molar refractivity (Wildman–Crippen MR) is 63.0 cm³/mol. The van der Waals surface area contributed by atoms with E-state index >= 15 is 0 Å². The number of thioether (sulfide) groups is 1. The van der Waals surface area contributed by atoms with Gasteiger partial charge in [-0.1, -0.05) is 18.2 Å². The molecule has 0 bridgehead atoms. The molecule has 0 aliphatic rings. The van der Waals surface area contributed by atoms with Crippen LogP contribution >= 0.6 is 23.3 Å². The molecule has 1 N–H and O–H groups in total. The second kappa shape index (κ2) is 7.20. The van der Waals surface area contributed by atoms with E-state index in [0.717, 1.165) is 10.1 Å². The lowest BCUT2D eigenvalue weighted by atomic mass is 10.1. The largest absolute Gasteiger partial charge is 0.317 e. The minimum atomic E-state index is 0.640. The second-order valence-electron chi connectivity index (χ2n) is 3.24. The van der Waals surface area contributed by atoms with Crippen molar-refractivity contribution in [2.24, 2.45) is 0 Å². The van der Waals surface area contributed by atoms with Crippen LogP contribution in [0.5, 0.6) is 0 Å². The summed E-state index contributed by atoms with van der Waals surface area (Å²) >= 11 is 3.29. The van der Waals surface area contributed by atoms with Crippen molar-refractivity contribution in [1.29, 1.82) is 0 Å². The summed E-state index contributed by atoms with van der Waals surface area (Å²) < 4.78 is 5.05. The van der Waals surface area contributed by atoms with Crippen LogP contribution in [-0.2, 0) is 0 Å². The van der Waals surface area contributed by atoms with Crippen molar-refractivity contribution >= 4 is 23.3 Å². The Morgan fingerprint density at radius 1 is 1.57 bits per heavy atom. The number of hydrogen-bond acceptors (Lipinski definition) is 5. The van der Waals surface area contributed by atoms with Crippen molar-refractivity contribution in [3.8, 4) is 0 Å². The van der Waals surface area contributed by atoms with Gasteiger partial charge in [-0.2, -0.15) is 4.37 Å². The first-order valence-electron chi connectivity index (χ1n) is 4.89. The molecule has 0 aliphatic carbocycles. The molecule has 0 spiro atoms. The molecule has 1 heterocycles. The van der Waals surface area contributed by atoms with Crippen LogP contribution in [0.15, 0.2) is 10.7 Å². The molecule has 0 radical (unpaired) electrons. The Labute approximate surface area is 93.9 Å². The summed E-state index contributed by atoms with van der Waals surface area (Å²) in [6, 6.07) is 0.640. The molecule has 1 atom stereocenters. The maximum atomic E-state index is 4.12. The summed E-state index contributed by atoms with van der Waals surface area (Å²) in [5.41, 5.74) is 0. The maximum Gasteiger partial charge on any atom is 0.169 e. The maximum absolute atomic E-state index is 4.12. The van der Waals surface area contributed by atoms with Crippen LogP contribution < -0.4 is 5.32 Å². The minimum Gasteiger partial charge on any atom is -0.317 e. The lowest BCUT2D eigenvalue weighted by molar-refractivity contribution is 0.539. The smallest absolute Gasteiger partial charge is 0.169 e. The van der Waals surface area contributed by atoms with Gasteiger partial charge < -0.3 is 5.32 Å². The summed E-state index contributed by atoms with van der Waals surface area (Å²) in [5.74, 6) is 1.16. The molecule has 14 heavy (non-hydrogen) atoms. The van der Waals surface area contributed by atoms with E-state index in [0.29, 0.717) is 6.04 Å². The van der Waals surface area contributed by atoms with Crippen molar-refractivity contribution in [2.75, 3.05) is 12.8 Å². The van der Waals surface area contributed by atoms with Gasteiger partial charge in [0.05, 0.1) is 0 Å². The Hall–Kier alpha value is -0.130. The van der Waals surface area contributed by atoms with Gasteiger partial charge >= 0.3 is 0 Å². The van der Waals surface area contributed by atoms with Crippen LogP contribution in [0.1, 0.15) is 26.2 Å². The first-order valence-corrected chi connectivity index (χ1v) is 6.65. The second-order valence-corrected chi connectivity index (χ2v) is 5.36. The average Bonchev–Trinajstić information content (AvgIpc) is 2.69. The number of aromatic nitrogens is 2. The number of nitrogens with zero attached hydrogens (tertiary/aromatic N) is 2. The van der Waals surface area contributed by atoms with Crippen molar-refractivity contribution < 1.29 is 0 Å². The molecule has 0 saturated carbocycles. The van der Waals surface area contributed by atoms with Gasteiger partial charge in [-0.05, 0) is 38.3 Å². The monoisotopic (exact) mass is 231 g/mol. The van der Waals surface area contributed by atoms with Crippen LogP contribution in [0.2, 0.25) is 0 Å². The third-order valence-electron chi connectivity index (χ3n) is 2.09. The molecule has 1 rings (SSSR count). The van der Waals surface area contributed by atoms with Gasteiger partial charge in [-0.3, -0.25) is 0 Å². The van der Waals surface area contributed by atoms with Crippen molar-refractivity contribution in [3.05, 3.63) is 6.33 Å². The van der Waals surface area contributed by atoms with Gasteiger partial charge in [-0.15, -0.1) is 0 Å². The van der Waals surface area contributed by atoms with Gasteiger partial charge in [0.1, 0.15) is 6.33 Å². The van der Waals surface area contributed by atoms with Gasteiger partial charge in [0.15, 0.2) is 4.34 Å². The number of unbranched alkanes of at least 4 members (excludes halogenated alkanes) is 1. The highest BCUT2D eigenvalue weighted by Crippen LogP contribution is 2.19. The Kier molecular flexibility index (Phi) is 6.14. The quantitative estimate of drug-likeness (QED) is 0.577. The van der Waals surface area contributed by atoms with E-state index in [1.54, 1.807) is 6.33 Å². The topological polar surface area (TPSA) is 37.8 Å². The number of hydrogen-bond donors (Lipinski definition) is 1. The predicted octanol–water partition coefficient (Wildman–Crippen LogP) is 2.41. The Balaban J connectivity index is 1.95. The van der Waals surface area contributed by atoms with Crippen molar-refractivity contribution in [1.82, 2.24) is 14.7 Å². The molecule has 1 unspecified atom stereocenters. The fourth-order valence-electron chi connectivity index (χ4n) is 1.08. The molecule has 0 amide bonds. The molecule has 0 saturated heterocycles. The lowest BCUT2D eigenvalue weighted by Crippen LogP contribution is -2.20. The molecular formula is C9H17N3S2. The first kappa shape index (κ1) is 11.9. The highest BCUT2D eigenvalue weighted by Gasteiger charge is 1.99. The Morgan fingerprint density at radius 2 is 2.43 bits per heavy atom. The summed E-state index contributed by atoms with van der Waals surface area (Å²) in [6.45, 7) is 2.22. The average molecular weight is 231 g/mol. The molecule has 1 aromatic heterocycles. The van der Waals surface area contributed by atoms with Crippen molar-refractivity contribution in [2.45, 2.75) is 36.6 Å². The zero-order valence-electron chi connectivity index (χ0n) is 8.69. The van der Waals surface area contributed by atoms with E-state index < -0.39 is 0 Å². The number of rotatable bonds is 7. The molecule has 0 aromatic carbocycles. The van der Waals surface area contributed by atoms with Gasteiger partial charge in [0, 0.05) is 11.8 Å². The minimum absolute atomic E-state index is 0.640. The molecule has 5 heteroatoms.